The Kier molecular flexibility index (Phi) is 31.5. The van der Waals surface area contributed by atoms with Crippen molar-refractivity contribution in [3.05, 3.63) is 60.7 Å². The number of para-hydroxylation sites is 2. The van der Waals surface area contributed by atoms with Crippen molar-refractivity contribution >= 4 is 10.4 Å². The number of hydrogen-bond donors (Lipinski definition) is 4. The number of rotatable bonds is 26. The van der Waals surface area contributed by atoms with Crippen LogP contribution in [0.2, 0.25) is 0 Å². The second-order valence-electron chi connectivity index (χ2n) is 10.5. The van der Waals surface area contributed by atoms with E-state index in [-0.39, 0.29) is 0 Å². The zero-order valence-corrected chi connectivity index (χ0v) is 28.5. The molecule has 0 atom stereocenters. The van der Waals surface area contributed by atoms with Gasteiger partial charge in [-0.05, 0) is 37.1 Å². The first-order valence-electron chi connectivity index (χ1n) is 16.6. The van der Waals surface area contributed by atoms with Gasteiger partial charge in [0, 0.05) is 13.1 Å². The predicted molar refractivity (Wildman–Crippen MR) is 182 cm³/mol. The quantitative estimate of drug-likeness (QED) is 0.0448. The maximum absolute atomic E-state index is 8.74. The Hall–Kier alpha value is -2.25. The largest absolute Gasteiger partial charge is 0.491 e. The maximum Gasteiger partial charge on any atom is 0.394 e. The normalized spacial score (nSPS) is 10.8. The third-order valence-corrected chi connectivity index (χ3v) is 6.36. The van der Waals surface area contributed by atoms with Crippen LogP contribution in [0.15, 0.2) is 60.7 Å². The zero-order valence-electron chi connectivity index (χ0n) is 27.7. The summed E-state index contributed by atoms with van der Waals surface area (Å²) in [6.07, 6.45) is 18.6. The van der Waals surface area contributed by atoms with Gasteiger partial charge in [0.1, 0.15) is 37.9 Å². The van der Waals surface area contributed by atoms with Crippen molar-refractivity contribution < 1.29 is 36.7 Å². The second-order valence-corrected chi connectivity index (χ2v) is 11.4. The fraction of sp³-hybridized carbons (Fsp3) is 0.647. The summed E-state index contributed by atoms with van der Waals surface area (Å²) in [5.74, 6) is 1.78. The van der Waals surface area contributed by atoms with Crippen LogP contribution in [-0.4, -0.2) is 57.0 Å². The first-order chi connectivity index (χ1) is 21.9. The van der Waals surface area contributed by atoms with E-state index in [1.54, 1.807) is 0 Å². The summed E-state index contributed by atoms with van der Waals surface area (Å²) >= 11 is 0. The molecule has 4 N–H and O–H groups in total. The Morgan fingerprint density at radius 1 is 0.511 bits per heavy atom. The third kappa shape index (κ3) is 37.8. The molecule has 0 heterocycles. The van der Waals surface area contributed by atoms with Gasteiger partial charge in [0.2, 0.25) is 0 Å². The molecule has 0 saturated carbocycles. The fourth-order valence-corrected chi connectivity index (χ4v) is 4.03. The molecule has 0 spiro atoms. The molecule has 2 aromatic carbocycles. The summed E-state index contributed by atoms with van der Waals surface area (Å²) < 4.78 is 42.6. The van der Waals surface area contributed by atoms with Gasteiger partial charge >= 0.3 is 10.4 Å². The van der Waals surface area contributed by atoms with Crippen LogP contribution in [0.3, 0.4) is 0 Å². The Balaban J connectivity index is 0.000000748. The molecule has 0 bridgehead atoms. The maximum atomic E-state index is 8.74. The lowest BCUT2D eigenvalue weighted by molar-refractivity contribution is 0.0218. The van der Waals surface area contributed by atoms with Crippen LogP contribution >= 0.6 is 0 Å². The van der Waals surface area contributed by atoms with Crippen molar-refractivity contribution in [3.63, 3.8) is 0 Å². The summed E-state index contributed by atoms with van der Waals surface area (Å²) in [5.41, 5.74) is 5.99. The average molecular weight is 657 g/mol. The molecule has 0 amide bonds. The van der Waals surface area contributed by atoms with Crippen LogP contribution in [0.25, 0.3) is 0 Å². The highest BCUT2D eigenvalue weighted by atomic mass is 32.3. The van der Waals surface area contributed by atoms with Gasteiger partial charge in [-0.25, -0.2) is 11.0 Å². The molecule has 2 aromatic rings. The van der Waals surface area contributed by atoms with Gasteiger partial charge in [-0.1, -0.05) is 127 Å². The average Bonchev–Trinajstić information content (AvgIpc) is 3.03. The van der Waals surface area contributed by atoms with E-state index in [0.29, 0.717) is 26.4 Å². The molecule has 0 fully saturated rings. The predicted octanol–water partition coefficient (Wildman–Crippen LogP) is 8.02. The monoisotopic (exact) mass is 656 g/mol. The molecule has 0 saturated heterocycles. The number of hydroxylamine groups is 2. The molecule has 0 radical (unpaired) electrons. The molecule has 10 nitrogen and oxygen atoms in total. The van der Waals surface area contributed by atoms with E-state index in [2.05, 4.69) is 24.8 Å². The lowest BCUT2D eigenvalue weighted by Crippen LogP contribution is -2.19. The summed E-state index contributed by atoms with van der Waals surface area (Å²) in [4.78, 5) is 10.7. The van der Waals surface area contributed by atoms with Crippen LogP contribution in [-0.2, 0) is 20.1 Å². The molecule has 0 aliphatic heterocycles. The highest BCUT2D eigenvalue weighted by Gasteiger charge is 1.95. The number of unbranched alkanes of at least 4 members (excludes halogenated alkanes) is 12. The van der Waals surface area contributed by atoms with E-state index in [9.17, 15) is 0 Å². The van der Waals surface area contributed by atoms with Gasteiger partial charge in [-0.3, -0.25) is 18.8 Å². The minimum atomic E-state index is -4.67. The molecular weight excluding hydrogens is 596 g/mol. The molecule has 0 aliphatic rings. The first kappa shape index (κ1) is 42.8. The number of nitrogens with one attached hydrogen (secondary N) is 2. The summed E-state index contributed by atoms with van der Waals surface area (Å²) in [6, 6.07) is 19.6. The molecular formula is C34H60N2O8S. The Morgan fingerprint density at radius 3 is 1.16 bits per heavy atom. The minimum absolute atomic E-state index is 0.575. The van der Waals surface area contributed by atoms with Gasteiger partial charge in [0.15, 0.2) is 0 Å². The van der Waals surface area contributed by atoms with Crippen LogP contribution < -0.4 is 20.4 Å². The number of ether oxygens (including phenoxy) is 2. The Labute approximate surface area is 273 Å². The molecule has 260 valence electrons. The van der Waals surface area contributed by atoms with Crippen LogP contribution in [0, 0.1) is 0 Å². The molecule has 0 aliphatic carbocycles. The van der Waals surface area contributed by atoms with Crippen molar-refractivity contribution in [3.8, 4) is 11.5 Å². The summed E-state index contributed by atoms with van der Waals surface area (Å²) in [6.45, 7) is 8.67. The third-order valence-electron chi connectivity index (χ3n) is 6.36. The second kappa shape index (κ2) is 33.1. The molecule has 2 rings (SSSR count). The zero-order chi connectivity index (χ0) is 33.1. The van der Waals surface area contributed by atoms with E-state index < -0.39 is 10.4 Å². The van der Waals surface area contributed by atoms with E-state index in [1.807, 2.05) is 60.7 Å². The van der Waals surface area contributed by atoms with Gasteiger partial charge in [-0.15, -0.1) is 0 Å². The topological polar surface area (TPSA) is 136 Å². The van der Waals surface area contributed by atoms with Crippen molar-refractivity contribution in [1.82, 2.24) is 11.0 Å². The van der Waals surface area contributed by atoms with Crippen molar-refractivity contribution in [2.75, 3.05) is 39.5 Å². The smallest absolute Gasteiger partial charge is 0.394 e. The summed E-state index contributed by atoms with van der Waals surface area (Å²) in [7, 11) is -4.67. The molecule has 45 heavy (non-hydrogen) atoms. The Bertz CT molecular complexity index is 882. The molecule has 11 heteroatoms. The van der Waals surface area contributed by atoms with E-state index in [0.717, 1.165) is 24.6 Å². The van der Waals surface area contributed by atoms with Gasteiger partial charge in [-0.2, -0.15) is 8.42 Å². The lowest BCUT2D eigenvalue weighted by atomic mass is 10.1. The van der Waals surface area contributed by atoms with Crippen molar-refractivity contribution in [1.29, 1.82) is 0 Å². The first-order valence-corrected chi connectivity index (χ1v) is 18.0. The van der Waals surface area contributed by atoms with Gasteiger partial charge in [0.25, 0.3) is 0 Å². The van der Waals surface area contributed by atoms with Crippen LogP contribution in [0.4, 0.5) is 0 Å². The van der Waals surface area contributed by atoms with Crippen LogP contribution in [0.1, 0.15) is 104 Å². The molecule has 0 aromatic heterocycles. The highest BCUT2D eigenvalue weighted by Crippen LogP contribution is 2.09. The van der Waals surface area contributed by atoms with Crippen LogP contribution in [0.5, 0.6) is 11.5 Å². The van der Waals surface area contributed by atoms with E-state index in [4.69, 9.17) is 36.7 Å². The van der Waals surface area contributed by atoms with Crippen molar-refractivity contribution in [2.24, 2.45) is 0 Å². The number of hydrogen-bond acceptors (Lipinski definition) is 8. The van der Waals surface area contributed by atoms with E-state index >= 15 is 0 Å². The summed E-state index contributed by atoms with van der Waals surface area (Å²) in [5, 5.41) is 0. The fourth-order valence-electron chi connectivity index (χ4n) is 4.03. The molecule has 0 unspecified atom stereocenters. The standard InChI is InChI=1S/2C17H29NO2.H2O4S/c2*1-2-3-4-5-6-7-11-14-18-20-16-15-19-17-12-9-8-10-13-17;1-5(2,3)4/h2*8-10,12-13,18H,2-7,11,14-16H2,1H3;(H2,1,2,3,4). The lowest BCUT2D eigenvalue weighted by Gasteiger charge is -2.07. The van der Waals surface area contributed by atoms with Gasteiger partial charge in [0.05, 0.1) is 0 Å². The minimum Gasteiger partial charge on any atom is -0.491 e. The number of benzene rings is 2. The van der Waals surface area contributed by atoms with Gasteiger partial charge < -0.3 is 9.47 Å². The van der Waals surface area contributed by atoms with E-state index in [1.165, 1.54) is 89.9 Å². The highest BCUT2D eigenvalue weighted by molar-refractivity contribution is 7.79. The SMILES string of the molecule is CCCCCCCCCNOCCOc1ccccc1.CCCCCCCCCNOCCOc1ccccc1.O=S(=O)(O)O. The van der Waals surface area contributed by atoms with Crippen molar-refractivity contribution in [2.45, 2.75) is 104 Å². The Morgan fingerprint density at radius 2 is 0.822 bits per heavy atom.